The summed E-state index contributed by atoms with van der Waals surface area (Å²) in [6.45, 7) is 1.70. The van der Waals surface area contributed by atoms with Gasteiger partial charge in [0.25, 0.3) is 0 Å². The molecule has 0 fully saturated rings. The summed E-state index contributed by atoms with van der Waals surface area (Å²) in [7, 11) is 2.91. The third-order valence-corrected chi connectivity index (χ3v) is 5.87. The van der Waals surface area contributed by atoms with Gasteiger partial charge in [-0.2, -0.15) is 0 Å². The zero-order valence-electron chi connectivity index (χ0n) is 18.9. The zero-order chi connectivity index (χ0) is 24.4. The number of hydrogen-bond acceptors (Lipinski definition) is 6. The van der Waals surface area contributed by atoms with Crippen molar-refractivity contribution >= 4 is 33.7 Å². The predicted octanol–water partition coefficient (Wildman–Crippen LogP) is 2.95. The molecule has 0 saturated heterocycles. The molecule has 4 rings (SSSR count). The molecule has 1 amide bonds. The van der Waals surface area contributed by atoms with E-state index in [1.807, 2.05) is 24.3 Å². The number of para-hydroxylation sites is 1. The minimum Gasteiger partial charge on any atom is -0.493 e. The van der Waals surface area contributed by atoms with Crippen LogP contribution in [0.25, 0.3) is 21.9 Å². The molecule has 34 heavy (non-hydrogen) atoms. The Bertz CT molecular complexity index is 1450. The van der Waals surface area contributed by atoms with Crippen molar-refractivity contribution in [2.45, 2.75) is 25.8 Å². The van der Waals surface area contributed by atoms with Gasteiger partial charge in [-0.25, -0.2) is 9.59 Å². The lowest BCUT2D eigenvalue weighted by molar-refractivity contribution is -0.141. The maximum absolute atomic E-state index is 12.8. The number of aromatic nitrogens is 1. The van der Waals surface area contributed by atoms with E-state index in [9.17, 15) is 19.5 Å². The number of fused-ring (bicyclic) bond motifs is 2. The van der Waals surface area contributed by atoms with Crippen LogP contribution in [0.2, 0.25) is 0 Å². The Morgan fingerprint density at radius 2 is 1.88 bits per heavy atom. The molecule has 3 N–H and O–H groups in total. The largest absolute Gasteiger partial charge is 0.493 e. The number of amides is 1. The number of carbonyl (C=O) groups is 2. The highest BCUT2D eigenvalue weighted by Crippen LogP contribution is 2.36. The van der Waals surface area contributed by atoms with Crippen molar-refractivity contribution in [2.24, 2.45) is 0 Å². The normalized spacial score (nSPS) is 12.0. The standard InChI is InChI=1S/C25H24N2O7/c1-13-15-8-9-20(32-2)23(33-3)22(15)34-25(31)17(13)11-21(28)27-19(24(29)30)10-14-12-26-18-7-5-4-6-16(14)18/h4-9,12,19,26H,10-11H2,1-3H3,(H,27,28)(H,29,30)/t19-/m0/s1. The maximum atomic E-state index is 12.8. The van der Waals surface area contributed by atoms with Crippen LogP contribution in [0.5, 0.6) is 11.5 Å². The fourth-order valence-corrected chi connectivity index (χ4v) is 4.10. The highest BCUT2D eigenvalue weighted by atomic mass is 16.5. The molecule has 2 heterocycles. The van der Waals surface area contributed by atoms with Crippen molar-refractivity contribution in [3.8, 4) is 11.5 Å². The first-order chi connectivity index (χ1) is 16.3. The molecule has 9 nitrogen and oxygen atoms in total. The molecule has 0 saturated carbocycles. The van der Waals surface area contributed by atoms with E-state index < -0.39 is 23.5 Å². The number of benzene rings is 2. The number of nitrogens with one attached hydrogen (secondary N) is 2. The summed E-state index contributed by atoms with van der Waals surface area (Å²) in [6.07, 6.45) is 1.50. The van der Waals surface area contributed by atoms with E-state index in [4.69, 9.17) is 13.9 Å². The van der Waals surface area contributed by atoms with Crippen molar-refractivity contribution in [1.82, 2.24) is 10.3 Å². The summed E-state index contributed by atoms with van der Waals surface area (Å²) in [5.74, 6) is -1.08. The van der Waals surface area contributed by atoms with Crippen LogP contribution in [0.3, 0.4) is 0 Å². The lowest BCUT2D eigenvalue weighted by atomic mass is 10.0. The van der Waals surface area contributed by atoms with Gasteiger partial charge in [0, 0.05) is 28.9 Å². The monoisotopic (exact) mass is 464 g/mol. The van der Waals surface area contributed by atoms with Crippen LogP contribution >= 0.6 is 0 Å². The summed E-state index contributed by atoms with van der Waals surface area (Å²) >= 11 is 0. The molecular weight excluding hydrogens is 440 g/mol. The van der Waals surface area contributed by atoms with E-state index in [0.29, 0.717) is 16.7 Å². The van der Waals surface area contributed by atoms with Gasteiger partial charge in [-0.15, -0.1) is 0 Å². The van der Waals surface area contributed by atoms with E-state index in [1.165, 1.54) is 14.2 Å². The quantitative estimate of drug-likeness (QED) is 0.342. The molecule has 0 radical (unpaired) electrons. The predicted molar refractivity (Wildman–Crippen MR) is 126 cm³/mol. The van der Waals surface area contributed by atoms with Gasteiger partial charge in [0.2, 0.25) is 11.7 Å². The summed E-state index contributed by atoms with van der Waals surface area (Å²) < 4.78 is 16.0. The molecule has 9 heteroatoms. The fraction of sp³-hybridized carbons (Fsp3) is 0.240. The highest BCUT2D eigenvalue weighted by Gasteiger charge is 2.24. The van der Waals surface area contributed by atoms with E-state index in [-0.39, 0.29) is 29.7 Å². The Kier molecular flexibility index (Phi) is 6.27. The van der Waals surface area contributed by atoms with Crippen molar-refractivity contribution in [3.05, 3.63) is 69.7 Å². The third-order valence-electron chi connectivity index (χ3n) is 5.87. The summed E-state index contributed by atoms with van der Waals surface area (Å²) in [6, 6.07) is 9.74. The maximum Gasteiger partial charge on any atom is 0.340 e. The van der Waals surface area contributed by atoms with Crippen LogP contribution in [-0.4, -0.2) is 42.2 Å². The van der Waals surface area contributed by atoms with Gasteiger partial charge in [-0.05, 0) is 36.2 Å². The molecule has 176 valence electrons. The van der Waals surface area contributed by atoms with Crippen molar-refractivity contribution in [2.75, 3.05) is 14.2 Å². The van der Waals surface area contributed by atoms with E-state index >= 15 is 0 Å². The molecule has 2 aromatic carbocycles. The molecule has 0 spiro atoms. The lowest BCUT2D eigenvalue weighted by Crippen LogP contribution is -2.43. The molecule has 0 aliphatic rings. The van der Waals surface area contributed by atoms with Gasteiger partial charge in [-0.3, -0.25) is 4.79 Å². The SMILES string of the molecule is COc1ccc2c(C)c(CC(=O)N[C@@H](Cc3c[nH]c4ccccc34)C(=O)O)c(=O)oc2c1OC. The number of hydrogen-bond donors (Lipinski definition) is 3. The highest BCUT2D eigenvalue weighted by molar-refractivity contribution is 5.91. The number of aromatic amines is 1. The minimum atomic E-state index is -1.17. The summed E-state index contributed by atoms with van der Waals surface area (Å²) in [5, 5.41) is 13.7. The lowest BCUT2D eigenvalue weighted by Gasteiger charge is -2.15. The summed E-state index contributed by atoms with van der Waals surface area (Å²) in [4.78, 5) is 40.4. The Balaban J connectivity index is 1.59. The number of carboxylic acid groups (broad SMARTS) is 1. The molecular formula is C25H24N2O7. The smallest absolute Gasteiger partial charge is 0.340 e. The van der Waals surface area contributed by atoms with Crippen LogP contribution in [0, 0.1) is 6.92 Å². The topological polar surface area (TPSA) is 131 Å². The molecule has 0 aliphatic heterocycles. The number of rotatable bonds is 8. The van der Waals surface area contributed by atoms with E-state index in [1.54, 1.807) is 25.3 Å². The second-order valence-electron chi connectivity index (χ2n) is 7.87. The van der Waals surface area contributed by atoms with Gasteiger partial charge < -0.3 is 29.3 Å². The van der Waals surface area contributed by atoms with Crippen molar-refractivity contribution in [1.29, 1.82) is 0 Å². The van der Waals surface area contributed by atoms with Gasteiger partial charge >= 0.3 is 11.6 Å². The Morgan fingerprint density at radius 3 is 2.59 bits per heavy atom. The van der Waals surface area contributed by atoms with Gasteiger partial charge in [-0.1, -0.05) is 18.2 Å². The van der Waals surface area contributed by atoms with Crippen LogP contribution in [0.15, 0.2) is 51.8 Å². The molecule has 4 aromatic rings. The molecule has 0 unspecified atom stereocenters. The van der Waals surface area contributed by atoms with Crippen molar-refractivity contribution in [3.63, 3.8) is 0 Å². The molecule has 1 atom stereocenters. The second kappa shape index (κ2) is 9.30. The first kappa shape index (κ1) is 22.9. The first-order valence-electron chi connectivity index (χ1n) is 10.6. The Labute approximate surface area is 194 Å². The number of methoxy groups -OCH3 is 2. The minimum absolute atomic E-state index is 0.0907. The molecule has 0 bridgehead atoms. The van der Waals surface area contributed by atoms with Gasteiger partial charge in [0.05, 0.1) is 26.2 Å². The molecule has 2 aromatic heterocycles. The Morgan fingerprint density at radius 1 is 1.12 bits per heavy atom. The second-order valence-corrected chi connectivity index (χ2v) is 7.87. The number of carbonyl (C=O) groups excluding carboxylic acids is 1. The van der Waals surface area contributed by atoms with Crippen LogP contribution in [-0.2, 0) is 22.4 Å². The number of ether oxygens (including phenoxy) is 2. The number of carboxylic acids is 1. The van der Waals surface area contributed by atoms with E-state index in [0.717, 1.165) is 16.5 Å². The van der Waals surface area contributed by atoms with Gasteiger partial charge in [0.1, 0.15) is 6.04 Å². The summed E-state index contributed by atoms with van der Waals surface area (Å²) in [5.41, 5.74) is 1.86. The zero-order valence-corrected chi connectivity index (χ0v) is 18.9. The van der Waals surface area contributed by atoms with E-state index in [2.05, 4.69) is 10.3 Å². The van der Waals surface area contributed by atoms with Crippen LogP contribution < -0.4 is 20.4 Å². The number of aliphatic carboxylic acids is 1. The average Bonchev–Trinajstić information content (AvgIpc) is 3.23. The molecule has 0 aliphatic carbocycles. The van der Waals surface area contributed by atoms with Gasteiger partial charge in [0.15, 0.2) is 11.3 Å². The fourth-order valence-electron chi connectivity index (χ4n) is 4.10. The number of aryl methyl sites for hydroxylation is 1. The van der Waals surface area contributed by atoms with Crippen molar-refractivity contribution < 1.29 is 28.6 Å². The average molecular weight is 464 g/mol. The van der Waals surface area contributed by atoms with Crippen LogP contribution in [0.4, 0.5) is 0 Å². The Hall–Kier alpha value is -4.27. The number of H-pyrrole nitrogens is 1. The third kappa shape index (κ3) is 4.19. The van der Waals surface area contributed by atoms with Crippen LogP contribution in [0.1, 0.15) is 16.7 Å². The first-order valence-corrected chi connectivity index (χ1v) is 10.6.